The second kappa shape index (κ2) is 5.37. The van der Waals surface area contributed by atoms with Gasteiger partial charge in [0, 0.05) is 10.9 Å². The molecule has 0 atom stereocenters. The highest BCUT2D eigenvalue weighted by molar-refractivity contribution is 6.31. The van der Waals surface area contributed by atoms with Gasteiger partial charge in [0.1, 0.15) is 5.15 Å². The van der Waals surface area contributed by atoms with E-state index in [1.165, 1.54) is 6.26 Å². The molecule has 0 saturated carbocycles. The molecule has 23 heavy (non-hydrogen) atoms. The van der Waals surface area contributed by atoms with Gasteiger partial charge in [-0.3, -0.25) is 0 Å². The maximum atomic E-state index is 11.9. The van der Waals surface area contributed by atoms with E-state index in [2.05, 4.69) is 9.98 Å². The molecular formula is C17H9ClN2O3. The highest BCUT2D eigenvalue weighted by atomic mass is 35.5. The summed E-state index contributed by atoms with van der Waals surface area (Å²) in [6, 6.07) is 12.8. The Morgan fingerprint density at radius 2 is 2.00 bits per heavy atom. The molecule has 1 aromatic carbocycles. The molecule has 0 aliphatic carbocycles. The van der Waals surface area contributed by atoms with Crippen molar-refractivity contribution in [3.63, 3.8) is 0 Å². The number of aromatic nitrogens is 1. The highest BCUT2D eigenvalue weighted by Gasteiger charge is 2.26. The summed E-state index contributed by atoms with van der Waals surface area (Å²) in [5, 5.41) is 1.22. The van der Waals surface area contributed by atoms with Crippen LogP contribution < -0.4 is 0 Å². The number of furan rings is 1. The lowest BCUT2D eigenvalue weighted by atomic mass is 10.1. The molecule has 3 heterocycles. The summed E-state index contributed by atoms with van der Waals surface area (Å²) in [5.74, 6) is -0.0266. The number of hydrogen-bond donors (Lipinski definition) is 0. The summed E-state index contributed by atoms with van der Waals surface area (Å²) < 4.78 is 10.3. The number of para-hydroxylation sites is 1. The van der Waals surface area contributed by atoms with Gasteiger partial charge >= 0.3 is 5.97 Å². The van der Waals surface area contributed by atoms with E-state index in [0.29, 0.717) is 16.5 Å². The smallest absolute Gasteiger partial charge is 0.363 e. The third-order valence-electron chi connectivity index (χ3n) is 3.35. The summed E-state index contributed by atoms with van der Waals surface area (Å²) in [6.07, 6.45) is 3.04. The predicted molar refractivity (Wildman–Crippen MR) is 86.1 cm³/mol. The van der Waals surface area contributed by atoms with Gasteiger partial charge in [0.05, 0.1) is 11.8 Å². The Labute approximate surface area is 135 Å². The van der Waals surface area contributed by atoms with Gasteiger partial charge in [-0.15, -0.1) is 0 Å². The number of aliphatic imine (C=N–C) groups is 1. The molecule has 2 aromatic heterocycles. The molecule has 4 rings (SSSR count). The molecule has 0 unspecified atom stereocenters. The zero-order valence-corrected chi connectivity index (χ0v) is 12.4. The van der Waals surface area contributed by atoms with Crippen molar-refractivity contribution in [1.82, 2.24) is 4.98 Å². The van der Waals surface area contributed by atoms with Crippen molar-refractivity contribution in [1.29, 1.82) is 0 Å². The first-order valence-electron chi connectivity index (χ1n) is 6.82. The van der Waals surface area contributed by atoms with E-state index in [9.17, 15) is 4.79 Å². The first-order valence-corrected chi connectivity index (χ1v) is 7.20. The van der Waals surface area contributed by atoms with Gasteiger partial charge in [-0.1, -0.05) is 29.8 Å². The number of benzene rings is 1. The van der Waals surface area contributed by atoms with Crippen LogP contribution in [-0.4, -0.2) is 16.9 Å². The van der Waals surface area contributed by atoms with Gasteiger partial charge < -0.3 is 9.15 Å². The van der Waals surface area contributed by atoms with Crippen LogP contribution in [0.1, 0.15) is 11.3 Å². The molecule has 1 aliphatic rings. The maximum Gasteiger partial charge on any atom is 0.363 e. The fourth-order valence-corrected chi connectivity index (χ4v) is 2.47. The lowest BCUT2D eigenvalue weighted by Gasteiger charge is -2.02. The number of fused-ring (bicyclic) bond motifs is 1. The number of esters is 1. The average Bonchev–Trinajstić information content (AvgIpc) is 3.18. The third kappa shape index (κ3) is 2.51. The van der Waals surface area contributed by atoms with Crippen LogP contribution in [-0.2, 0) is 9.53 Å². The molecule has 0 fully saturated rings. The van der Waals surface area contributed by atoms with Crippen LogP contribution in [0, 0.1) is 0 Å². The van der Waals surface area contributed by atoms with Crippen LogP contribution in [0.25, 0.3) is 17.0 Å². The molecule has 0 amide bonds. The summed E-state index contributed by atoms with van der Waals surface area (Å²) in [6.45, 7) is 0. The second-order valence-electron chi connectivity index (χ2n) is 4.87. The SMILES string of the molecule is O=C1OC(c2ccco2)=N/C1=C\c1cc2ccccc2nc1Cl. The van der Waals surface area contributed by atoms with Gasteiger partial charge in [-0.05, 0) is 30.3 Å². The fraction of sp³-hybridized carbons (Fsp3) is 0. The molecule has 6 heteroatoms. The Kier molecular flexibility index (Phi) is 3.20. The van der Waals surface area contributed by atoms with Crippen molar-refractivity contribution in [3.05, 3.63) is 70.9 Å². The summed E-state index contributed by atoms with van der Waals surface area (Å²) in [4.78, 5) is 20.4. The first kappa shape index (κ1) is 13.7. The molecule has 0 N–H and O–H groups in total. The van der Waals surface area contributed by atoms with E-state index in [1.807, 2.05) is 30.3 Å². The van der Waals surface area contributed by atoms with Gasteiger partial charge in [0.25, 0.3) is 5.90 Å². The largest absolute Gasteiger partial charge is 0.459 e. The van der Waals surface area contributed by atoms with Crippen LogP contribution in [0.3, 0.4) is 0 Å². The normalized spacial score (nSPS) is 16.0. The van der Waals surface area contributed by atoms with E-state index in [0.717, 1.165) is 10.9 Å². The fourth-order valence-electron chi connectivity index (χ4n) is 2.27. The second-order valence-corrected chi connectivity index (χ2v) is 5.23. The topological polar surface area (TPSA) is 64.7 Å². The first-order chi connectivity index (χ1) is 11.2. The minimum atomic E-state index is -0.555. The molecule has 0 spiro atoms. The Balaban J connectivity index is 1.78. The van der Waals surface area contributed by atoms with Crippen molar-refractivity contribution in [2.45, 2.75) is 0 Å². The van der Waals surface area contributed by atoms with Gasteiger partial charge in [-0.2, -0.15) is 0 Å². The van der Waals surface area contributed by atoms with Crippen molar-refractivity contribution in [2.24, 2.45) is 4.99 Å². The molecule has 0 bridgehead atoms. The Morgan fingerprint density at radius 3 is 2.83 bits per heavy atom. The number of nitrogens with zero attached hydrogens (tertiary/aromatic N) is 2. The maximum absolute atomic E-state index is 11.9. The summed E-state index contributed by atoms with van der Waals surface area (Å²) >= 11 is 6.19. The number of hydrogen-bond acceptors (Lipinski definition) is 5. The number of ether oxygens (including phenoxy) is 1. The molecule has 112 valence electrons. The minimum Gasteiger partial charge on any atom is -0.459 e. The Hall–Kier alpha value is -2.92. The average molecular weight is 325 g/mol. The van der Waals surface area contributed by atoms with E-state index in [4.69, 9.17) is 20.8 Å². The summed E-state index contributed by atoms with van der Waals surface area (Å²) in [5.41, 5.74) is 1.53. The molecule has 5 nitrogen and oxygen atoms in total. The quantitative estimate of drug-likeness (QED) is 0.408. The minimum absolute atomic E-state index is 0.135. The highest BCUT2D eigenvalue weighted by Crippen LogP contribution is 2.25. The lowest BCUT2D eigenvalue weighted by molar-refractivity contribution is -0.130. The zero-order chi connectivity index (χ0) is 15.8. The van der Waals surface area contributed by atoms with E-state index in [1.54, 1.807) is 18.2 Å². The van der Waals surface area contributed by atoms with Crippen LogP contribution in [0.2, 0.25) is 5.15 Å². The molecule has 0 radical (unpaired) electrons. The Morgan fingerprint density at radius 1 is 1.13 bits per heavy atom. The molecule has 1 aliphatic heterocycles. The number of pyridine rings is 1. The van der Waals surface area contributed by atoms with Gasteiger partial charge in [0.2, 0.25) is 0 Å². The van der Waals surface area contributed by atoms with E-state index < -0.39 is 5.97 Å². The van der Waals surface area contributed by atoms with Gasteiger partial charge in [0.15, 0.2) is 11.5 Å². The van der Waals surface area contributed by atoms with Crippen LogP contribution in [0.15, 0.2) is 63.8 Å². The van der Waals surface area contributed by atoms with E-state index in [-0.39, 0.29) is 11.6 Å². The summed E-state index contributed by atoms with van der Waals surface area (Å²) in [7, 11) is 0. The number of rotatable bonds is 2. The number of halogens is 1. The predicted octanol–water partition coefficient (Wildman–Crippen LogP) is 3.83. The number of carbonyl (C=O) groups is 1. The van der Waals surface area contributed by atoms with Crippen LogP contribution in [0.4, 0.5) is 0 Å². The van der Waals surface area contributed by atoms with Crippen molar-refractivity contribution < 1.29 is 13.9 Å². The van der Waals surface area contributed by atoms with Crippen LogP contribution in [0.5, 0.6) is 0 Å². The lowest BCUT2D eigenvalue weighted by Crippen LogP contribution is -2.04. The van der Waals surface area contributed by atoms with Crippen molar-refractivity contribution >= 4 is 40.4 Å². The van der Waals surface area contributed by atoms with Crippen molar-refractivity contribution in [2.75, 3.05) is 0 Å². The molecule has 3 aromatic rings. The molecule has 0 saturated heterocycles. The van der Waals surface area contributed by atoms with Gasteiger partial charge in [-0.25, -0.2) is 14.8 Å². The number of cyclic esters (lactones) is 1. The Bertz CT molecular complexity index is 975. The monoisotopic (exact) mass is 324 g/mol. The zero-order valence-electron chi connectivity index (χ0n) is 11.7. The molecular weight excluding hydrogens is 316 g/mol. The third-order valence-corrected chi connectivity index (χ3v) is 3.65. The standard InChI is InChI=1S/C17H9ClN2O3/c18-15-11(8-10-4-1-2-5-12(10)19-15)9-13-17(21)23-16(20-13)14-6-3-7-22-14/h1-9H/b13-9-. The van der Waals surface area contributed by atoms with Crippen LogP contribution >= 0.6 is 11.6 Å². The number of carbonyl (C=O) groups excluding carboxylic acids is 1. The van der Waals surface area contributed by atoms with Crippen molar-refractivity contribution in [3.8, 4) is 0 Å². The van der Waals surface area contributed by atoms with E-state index >= 15 is 0 Å².